The summed E-state index contributed by atoms with van der Waals surface area (Å²) in [5, 5.41) is 3.41. The van der Waals surface area contributed by atoms with Crippen LogP contribution in [0.15, 0.2) is 47.4 Å². The first-order valence-corrected chi connectivity index (χ1v) is 10.2. The van der Waals surface area contributed by atoms with Gasteiger partial charge in [0, 0.05) is 30.2 Å². The van der Waals surface area contributed by atoms with Gasteiger partial charge in [-0.25, -0.2) is 8.42 Å². The largest absolute Gasteiger partial charge is 0.348 e. The minimum Gasteiger partial charge on any atom is -0.348 e. The Labute approximate surface area is 160 Å². The first kappa shape index (κ1) is 20.4. The van der Waals surface area contributed by atoms with E-state index in [0.29, 0.717) is 35.8 Å². The number of nitrogens with one attached hydrogen (secondary N) is 1. The molecule has 1 N–H and O–H groups in total. The quantitative estimate of drug-likeness (QED) is 0.780. The predicted octanol–water partition coefficient (Wildman–Crippen LogP) is 3.61. The number of carbonyl (C=O) groups excluding carboxylic acids is 1. The average Bonchev–Trinajstić information content (AvgIpc) is 2.60. The second-order valence-electron chi connectivity index (χ2n) is 5.88. The lowest BCUT2D eigenvalue weighted by Gasteiger charge is -2.19. The number of amides is 1. The van der Waals surface area contributed by atoms with Crippen molar-refractivity contribution >= 4 is 27.5 Å². The van der Waals surface area contributed by atoms with Crippen molar-refractivity contribution in [1.82, 2.24) is 9.62 Å². The Morgan fingerprint density at radius 3 is 2.42 bits per heavy atom. The SMILES string of the molecule is CCN(CC)S(=O)(=O)c1ccc(C)c(C(=O)NCc2cccc(Cl)c2)c1. The van der Waals surface area contributed by atoms with Crippen LogP contribution in [0.2, 0.25) is 5.02 Å². The van der Waals surface area contributed by atoms with Crippen LogP contribution in [0.3, 0.4) is 0 Å². The Hall–Kier alpha value is -1.89. The van der Waals surface area contributed by atoms with Gasteiger partial charge in [-0.05, 0) is 42.3 Å². The highest BCUT2D eigenvalue weighted by atomic mass is 35.5. The molecule has 5 nitrogen and oxygen atoms in total. The van der Waals surface area contributed by atoms with Crippen LogP contribution in [-0.4, -0.2) is 31.7 Å². The molecule has 2 aromatic carbocycles. The van der Waals surface area contributed by atoms with Gasteiger partial charge in [-0.1, -0.05) is 43.6 Å². The van der Waals surface area contributed by atoms with E-state index < -0.39 is 10.0 Å². The van der Waals surface area contributed by atoms with Crippen LogP contribution < -0.4 is 5.32 Å². The highest BCUT2D eigenvalue weighted by Crippen LogP contribution is 2.20. The average molecular weight is 395 g/mol. The minimum absolute atomic E-state index is 0.125. The molecule has 1 amide bonds. The van der Waals surface area contributed by atoms with Gasteiger partial charge >= 0.3 is 0 Å². The smallest absolute Gasteiger partial charge is 0.251 e. The topological polar surface area (TPSA) is 66.5 Å². The molecule has 0 unspecified atom stereocenters. The maximum Gasteiger partial charge on any atom is 0.251 e. The molecule has 0 bridgehead atoms. The van der Waals surface area contributed by atoms with Crippen LogP contribution >= 0.6 is 11.6 Å². The summed E-state index contributed by atoms with van der Waals surface area (Å²) in [6.45, 7) is 6.42. The molecule has 0 saturated carbocycles. The highest BCUT2D eigenvalue weighted by Gasteiger charge is 2.23. The summed E-state index contributed by atoms with van der Waals surface area (Å²) in [5.41, 5.74) is 1.93. The molecule has 0 aliphatic carbocycles. The number of sulfonamides is 1. The summed E-state index contributed by atoms with van der Waals surface area (Å²) >= 11 is 5.95. The van der Waals surface area contributed by atoms with Gasteiger partial charge in [0.05, 0.1) is 4.90 Å². The molecule has 0 aliphatic heterocycles. The number of hydrogen-bond donors (Lipinski definition) is 1. The summed E-state index contributed by atoms with van der Waals surface area (Å²) < 4.78 is 26.7. The van der Waals surface area contributed by atoms with Gasteiger partial charge in [-0.3, -0.25) is 4.79 Å². The van der Waals surface area contributed by atoms with E-state index >= 15 is 0 Å². The van der Waals surface area contributed by atoms with E-state index in [1.165, 1.54) is 16.4 Å². The Morgan fingerprint density at radius 2 is 1.81 bits per heavy atom. The molecule has 0 saturated heterocycles. The van der Waals surface area contributed by atoms with Crippen LogP contribution in [0, 0.1) is 6.92 Å². The minimum atomic E-state index is -3.61. The number of rotatable bonds is 7. The Morgan fingerprint density at radius 1 is 1.12 bits per heavy atom. The molecule has 0 atom stereocenters. The van der Waals surface area contributed by atoms with Crippen molar-refractivity contribution in [3.05, 3.63) is 64.2 Å². The van der Waals surface area contributed by atoms with Crippen molar-refractivity contribution in [2.45, 2.75) is 32.2 Å². The van der Waals surface area contributed by atoms with E-state index in [2.05, 4.69) is 5.32 Å². The van der Waals surface area contributed by atoms with Crippen molar-refractivity contribution in [1.29, 1.82) is 0 Å². The van der Waals surface area contributed by atoms with Crippen molar-refractivity contribution in [2.24, 2.45) is 0 Å². The molecule has 0 aliphatic rings. The molecule has 0 heterocycles. The van der Waals surface area contributed by atoms with Crippen LogP contribution in [0.5, 0.6) is 0 Å². The lowest BCUT2D eigenvalue weighted by Crippen LogP contribution is -2.31. The van der Waals surface area contributed by atoms with E-state index in [0.717, 1.165) is 5.56 Å². The summed E-state index contributed by atoms with van der Waals surface area (Å²) in [6, 6.07) is 11.8. The van der Waals surface area contributed by atoms with Gasteiger partial charge in [-0.15, -0.1) is 0 Å². The molecule has 0 spiro atoms. The fourth-order valence-electron chi connectivity index (χ4n) is 2.64. The Bertz CT molecular complexity index is 893. The van der Waals surface area contributed by atoms with Crippen LogP contribution in [-0.2, 0) is 16.6 Å². The lowest BCUT2D eigenvalue weighted by molar-refractivity contribution is 0.0950. The third kappa shape index (κ3) is 4.63. The molecule has 140 valence electrons. The van der Waals surface area contributed by atoms with E-state index in [4.69, 9.17) is 11.6 Å². The predicted molar refractivity (Wildman–Crippen MR) is 104 cm³/mol. The fraction of sp³-hybridized carbons (Fsp3) is 0.316. The van der Waals surface area contributed by atoms with E-state index in [1.54, 1.807) is 39.0 Å². The van der Waals surface area contributed by atoms with Gasteiger partial charge < -0.3 is 5.32 Å². The summed E-state index contributed by atoms with van der Waals surface area (Å²) in [6.07, 6.45) is 0. The fourth-order valence-corrected chi connectivity index (χ4v) is 4.34. The van der Waals surface area contributed by atoms with Gasteiger partial charge in [0.25, 0.3) is 5.91 Å². The van der Waals surface area contributed by atoms with Crippen molar-refractivity contribution in [3.8, 4) is 0 Å². The Balaban J connectivity index is 2.25. The molecular weight excluding hydrogens is 372 g/mol. The number of halogens is 1. The van der Waals surface area contributed by atoms with Gasteiger partial charge in [0.15, 0.2) is 0 Å². The van der Waals surface area contributed by atoms with Crippen molar-refractivity contribution in [3.63, 3.8) is 0 Å². The number of hydrogen-bond acceptors (Lipinski definition) is 3. The summed E-state index contributed by atoms with van der Waals surface area (Å²) in [5.74, 6) is -0.320. The molecule has 0 fully saturated rings. The monoisotopic (exact) mass is 394 g/mol. The highest BCUT2D eigenvalue weighted by molar-refractivity contribution is 7.89. The number of carbonyl (C=O) groups is 1. The number of benzene rings is 2. The first-order chi connectivity index (χ1) is 12.3. The summed E-state index contributed by atoms with van der Waals surface area (Å²) in [4.78, 5) is 12.7. The lowest BCUT2D eigenvalue weighted by atomic mass is 10.1. The molecular formula is C19H23ClN2O3S. The van der Waals surface area contributed by atoms with Crippen LogP contribution in [0.4, 0.5) is 0 Å². The normalized spacial score (nSPS) is 11.6. The van der Waals surface area contributed by atoms with Gasteiger partial charge in [0.1, 0.15) is 0 Å². The van der Waals surface area contributed by atoms with E-state index in [-0.39, 0.29) is 10.8 Å². The van der Waals surface area contributed by atoms with E-state index in [1.807, 2.05) is 12.1 Å². The number of nitrogens with zero attached hydrogens (tertiary/aromatic N) is 1. The van der Waals surface area contributed by atoms with Gasteiger partial charge in [0.2, 0.25) is 10.0 Å². The molecule has 26 heavy (non-hydrogen) atoms. The zero-order chi connectivity index (χ0) is 19.3. The molecule has 2 aromatic rings. The zero-order valence-electron chi connectivity index (χ0n) is 15.1. The van der Waals surface area contributed by atoms with Crippen molar-refractivity contribution < 1.29 is 13.2 Å². The third-order valence-corrected chi connectivity index (χ3v) is 6.42. The molecule has 0 radical (unpaired) electrons. The summed E-state index contributed by atoms with van der Waals surface area (Å²) in [7, 11) is -3.61. The third-order valence-electron chi connectivity index (χ3n) is 4.14. The first-order valence-electron chi connectivity index (χ1n) is 8.43. The molecule has 2 rings (SSSR count). The Kier molecular flexibility index (Phi) is 6.81. The van der Waals surface area contributed by atoms with Crippen LogP contribution in [0.1, 0.15) is 35.3 Å². The van der Waals surface area contributed by atoms with Crippen LogP contribution in [0.25, 0.3) is 0 Å². The molecule has 7 heteroatoms. The second kappa shape index (κ2) is 8.66. The maximum atomic E-state index is 12.7. The van der Waals surface area contributed by atoms with E-state index in [9.17, 15) is 13.2 Å². The maximum absolute atomic E-state index is 12.7. The standard InChI is InChI=1S/C19H23ClN2O3S/c1-4-22(5-2)26(24,25)17-10-9-14(3)18(12-17)19(23)21-13-15-7-6-8-16(20)11-15/h6-12H,4-5,13H2,1-3H3,(H,21,23). The zero-order valence-corrected chi connectivity index (χ0v) is 16.7. The number of aryl methyl sites for hydroxylation is 1. The van der Waals surface area contributed by atoms with Gasteiger partial charge in [-0.2, -0.15) is 4.31 Å². The molecule has 0 aromatic heterocycles. The second-order valence-corrected chi connectivity index (χ2v) is 8.25. The van der Waals surface area contributed by atoms with Crippen molar-refractivity contribution in [2.75, 3.05) is 13.1 Å².